The van der Waals surface area contributed by atoms with Crippen LogP contribution in [0.1, 0.15) is 29.7 Å². The van der Waals surface area contributed by atoms with Crippen LogP contribution in [0.25, 0.3) is 0 Å². The van der Waals surface area contributed by atoms with Gasteiger partial charge in [-0.15, -0.1) is 0 Å². The Balaban J connectivity index is 1.97. The molecule has 7 nitrogen and oxygen atoms in total. The largest absolute Gasteiger partial charge is 0.493 e. The third-order valence-corrected chi connectivity index (χ3v) is 6.23. The van der Waals surface area contributed by atoms with Gasteiger partial charge in [-0.1, -0.05) is 46.3 Å². The van der Waals surface area contributed by atoms with Crippen LogP contribution in [-0.4, -0.2) is 51.2 Å². The summed E-state index contributed by atoms with van der Waals surface area (Å²) in [5, 5.41) is 0. The third kappa shape index (κ3) is 4.98. The number of rotatable bonds is 8. The van der Waals surface area contributed by atoms with Gasteiger partial charge in [0.2, 0.25) is 5.75 Å². The summed E-state index contributed by atoms with van der Waals surface area (Å²) in [6, 6.07) is 19.4. The third-order valence-electron chi connectivity index (χ3n) is 5.74. The van der Waals surface area contributed by atoms with Crippen LogP contribution in [0.3, 0.4) is 0 Å². The number of hydrogen-bond donors (Lipinski definition) is 0. The van der Waals surface area contributed by atoms with Crippen LogP contribution in [0.2, 0.25) is 0 Å². The molecule has 1 heterocycles. The Kier molecular flexibility index (Phi) is 7.60. The monoisotopic (exact) mass is 538 g/mol. The van der Waals surface area contributed by atoms with Gasteiger partial charge in [-0.05, 0) is 42.8 Å². The standard InChI is InChI=1S/C27H27BrN2O5/c1-5-35-24(31)16-30-25(17-9-7-6-8-10-17)20-15-19(28)11-12-21(20)29-27(30)18-13-22(32-2)26(34-4)23(14-18)33-3/h6-15,25H,5,16H2,1-4H3. The number of nitrogens with zero attached hydrogens (tertiary/aromatic N) is 2. The van der Waals surface area contributed by atoms with Gasteiger partial charge in [0.25, 0.3) is 0 Å². The van der Waals surface area contributed by atoms with Gasteiger partial charge in [-0.2, -0.15) is 0 Å². The number of esters is 1. The topological polar surface area (TPSA) is 69.6 Å². The maximum atomic E-state index is 12.8. The van der Waals surface area contributed by atoms with Crippen LogP contribution in [0.5, 0.6) is 17.2 Å². The first-order valence-electron chi connectivity index (χ1n) is 11.2. The van der Waals surface area contributed by atoms with E-state index >= 15 is 0 Å². The number of methoxy groups -OCH3 is 3. The summed E-state index contributed by atoms with van der Waals surface area (Å²) in [5.74, 6) is 1.74. The highest BCUT2D eigenvalue weighted by Crippen LogP contribution is 2.44. The number of carbonyl (C=O) groups is 1. The van der Waals surface area contributed by atoms with Crippen LogP contribution < -0.4 is 14.2 Å². The summed E-state index contributed by atoms with van der Waals surface area (Å²) in [5.41, 5.74) is 3.53. The summed E-state index contributed by atoms with van der Waals surface area (Å²) in [4.78, 5) is 19.7. The summed E-state index contributed by atoms with van der Waals surface area (Å²) in [6.07, 6.45) is 0. The predicted molar refractivity (Wildman–Crippen MR) is 138 cm³/mol. The number of halogens is 1. The minimum absolute atomic E-state index is 0.00878. The number of aliphatic imine (C=N–C) groups is 1. The van der Waals surface area contributed by atoms with E-state index in [-0.39, 0.29) is 18.6 Å². The minimum atomic E-state index is -0.341. The van der Waals surface area contributed by atoms with Crippen molar-refractivity contribution >= 4 is 33.4 Å². The highest BCUT2D eigenvalue weighted by atomic mass is 79.9. The van der Waals surface area contributed by atoms with Gasteiger partial charge in [0, 0.05) is 15.6 Å². The fraction of sp³-hybridized carbons (Fsp3) is 0.259. The molecule has 1 aliphatic heterocycles. The van der Waals surface area contributed by atoms with Gasteiger partial charge < -0.3 is 23.8 Å². The zero-order valence-corrected chi connectivity index (χ0v) is 21.7. The van der Waals surface area contributed by atoms with Gasteiger partial charge in [0.15, 0.2) is 11.5 Å². The van der Waals surface area contributed by atoms with E-state index in [1.807, 2.05) is 65.6 Å². The summed E-state index contributed by atoms with van der Waals surface area (Å²) < 4.78 is 22.9. The summed E-state index contributed by atoms with van der Waals surface area (Å²) >= 11 is 3.59. The van der Waals surface area contributed by atoms with Crippen molar-refractivity contribution in [3.8, 4) is 17.2 Å². The fourth-order valence-corrected chi connectivity index (χ4v) is 4.64. The number of benzene rings is 3. The molecule has 8 heteroatoms. The zero-order chi connectivity index (χ0) is 24.9. The molecule has 0 aliphatic carbocycles. The summed E-state index contributed by atoms with van der Waals surface area (Å²) in [7, 11) is 4.70. The Morgan fingerprint density at radius 1 is 0.971 bits per heavy atom. The molecular weight excluding hydrogens is 512 g/mol. The zero-order valence-electron chi connectivity index (χ0n) is 20.1. The Bertz CT molecular complexity index is 1220. The molecule has 0 saturated heterocycles. The molecule has 182 valence electrons. The van der Waals surface area contributed by atoms with Crippen molar-refractivity contribution in [2.24, 2.45) is 4.99 Å². The minimum Gasteiger partial charge on any atom is -0.493 e. The smallest absolute Gasteiger partial charge is 0.325 e. The molecule has 4 rings (SSSR count). The van der Waals surface area contributed by atoms with Crippen LogP contribution >= 0.6 is 15.9 Å². The molecule has 0 aromatic heterocycles. The van der Waals surface area contributed by atoms with Crippen molar-refractivity contribution in [3.05, 3.63) is 81.8 Å². The Hall–Kier alpha value is -3.52. The lowest BCUT2D eigenvalue weighted by Gasteiger charge is -2.38. The van der Waals surface area contributed by atoms with Crippen molar-refractivity contribution in [1.29, 1.82) is 0 Å². The van der Waals surface area contributed by atoms with E-state index < -0.39 is 0 Å². The number of fused-ring (bicyclic) bond motifs is 1. The second-order valence-corrected chi connectivity index (χ2v) is 8.71. The molecule has 0 N–H and O–H groups in total. The fourth-order valence-electron chi connectivity index (χ4n) is 4.26. The SMILES string of the molecule is CCOC(=O)CN1C(c2cc(OC)c(OC)c(OC)c2)=Nc2ccc(Br)cc2C1c1ccccc1. The van der Waals surface area contributed by atoms with Crippen molar-refractivity contribution in [2.45, 2.75) is 13.0 Å². The Labute approximate surface area is 213 Å². The van der Waals surface area contributed by atoms with Gasteiger partial charge in [-0.3, -0.25) is 4.79 Å². The van der Waals surface area contributed by atoms with E-state index in [1.165, 1.54) is 0 Å². The Morgan fingerprint density at radius 3 is 2.26 bits per heavy atom. The van der Waals surface area contributed by atoms with E-state index in [0.717, 1.165) is 26.9 Å². The second-order valence-electron chi connectivity index (χ2n) is 7.80. The van der Waals surface area contributed by atoms with Gasteiger partial charge in [-0.25, -0.2) is 4.99 Å². The highest BCUT2D eigenvalue weighted by molar-refractivity contribution is 9.10. The molecule has 3 aromatic carbocycles. The average molecular weight is 539 g/mol. The van der Waals surface area contributed by atoms with Crippen LogP contribution in [0.4, 0.5) is 5.69 Å². The average Bonchev–Trinajstić information content (AvgIpc) is 2.88. The van der Waals surface area contributed by atoms with Gasteiger partial charge >= 0.3 is 5.97 Å². The van der Waals surface area contributed by atoms with Crippen LogP contribution in [-0.2, 0) is 9.53 Å². The predicted octanol–water partition coefficient (Wildman–Crippen LogP) is 5.52. The normalized spacial score (nSPS) is 14.6. The van der Waals surface area contributed by atoms with E-state index in [2.05, 4.69) is 15.9 Å². The van der Waals surface area contributed by atoms with E-state index in [9.17, 15) is 4.79 Å². The first-order chi connectivity index (χ1) is 17.0. The lowest BCUT2D eigenvalue weighted by molar-refractivity contribution is -0.143. The Morgan fingerprint density at radius 2 is 1.66 bits per heavy atom. The molecular formula is C27H27BrN2O5. The van der Waals surface area contributed by atoms with Crippen molar-refractivity contribution in [1.82, 2.24) is 4.90 Å². The molecule has 1 atom stereocenters. The molecule has 3 aromatic rings. The molecule has 0 saturated carbocycles. The first kappa shape index (κ1) is 24.6. The number of carbonyl (C=O) groups excluding carboxylic acids is 1. The molecule has 0 radical (unpaired) electrons. The van der Waals surface area contributed by atoms with Crippen molar-refractivity contribution < 1.29 is 23.7 Å². The first-order valence-corrected chi connectivity index (χ1v) is 12.0. The lowest BCUT2D eigenvalue weighted by atomic mass is 9.92. The molecule has 0 amide bonds. The van der Waals surface area contributed by atoms with Crippen LogP contribution in [0, 0.1) is 0 Å². The lowest BCUT2D eigenvalue weighted by Crippen LogP contribution is -2.42. The van der Waals surface area contributed by atoms with E-state index in [1.54, 1.807) is 28.3 Å². The van der Waals surface area contributed by atoms with E-state index in [0.29, 0.717) is 29.7 Å². The maximum absolute atomic E-state index is 12.8. The molecule has 1 aliphatic rings. The van der Waals surface area contributed by atoms with Crippen molar-refractivity contribution in [2.75, 3.05) is 34.5 Å². The molecule has 35 heavy (non-hydrogen) atoms. The molecule has 0 bridgehead atoms. The number of ether oxygens (including phenoxy) is 4. The molecule has 1 unspecified atom stereocenters. The number of amidine groups is 1. The second kappa shape index (κ2) is 10.8. The maximum Gasteiger partial charge on any atom is 0.325 e. The van der Waals surface area contributed by atoms with Gasteiger partial charge in [0.1, 0.15) is 12.4 Å². The molecule has 0 fully saturated rings. The molecule has 0 spiro atoms. The van der Waals surface area contributed by atoms with Gasteiger partial charge in [0.05, 0.1) is 39.7 Å². The van der Waals surface area contributed by atoms with E-state index in [4.69, 9.17) is 23.9 Å². The quantitative estimate of drug-likeness (QED) is 0.351. The summed E-state index contributed by atoms with van der Waals surface area (Å²) in [6.45, 7) is 2.10. The number of hydrogen-bond acceptors (Lipinski definition) is 7. The highest BCUT2D eigenvalue weighted by Gasteiger charge is 2.34. The van der Waals surface area contributed by atoms with Crippen LogP contribution in [0.15, 0.2) is 70.1 Å². The van der Waals surface area contributed by atoms with Crippen molar-refractivity contribution in [3.63, 3.8) is 0 Å².